The molecule has 1 aromatic heterocycles. The van der Waals surface area contributed by atoms with Gasteiger partial charge < -0.3 is 15.7 Å². The first-order chi connectivity index (χ1) is 10.2. The van der Waals surface area contributed by atoms with Crippen molar-refractivity contribution in [3.63, 3.8) is 0 Å². The molecule has 0 saturated carbocycles. The Balaban J connectivity index is 1.95. The van der Waals surface area contributed by atoms with Gasteiger partial charge in [0, 0.05) is 11.3 Å². The van der Waals surface area contributed by atoms with Crippen LogP contribution in [-0.4, -0.2) is 63.3 Å². The van der Waals surface area contributed by atoms with E-state index < -0.39 is 0 Å². The van der Waals surface area contributed by atoms with E-state index >= 15 is 0 Å². The molecule has 2 atom stereocenters. The number of hydrogen-bond donors (Lipinski definition) is 3. The van der Waals surface area contributed by atoms with E-state index in [1.54, 1.807) is 10.9 Å². The van der Waals surface area contributed by atoms with Crippen LogP contribution in [0.15, 0.2) is 6.20 Å². The topological polar surface area (TPSA) is 92.1 Å². The zero-order valence-electron chi connectivity index (χ0n) is 12.5. The molecule has 2 unspecified atom stereocenters. The third-order valence-corrected chi connectivity index (χ3v) is 4.99. The minimum Gasteiger partial charge on any atom is -0.395 e. The Hall–Kier alpha value is -1.12. The highest BCUT2D eigenvalue weighted by molar-refractivity contribution is 7.99. The number of amides is 1. The van der Waals surface area contributed by atoms with Gasteiger partial charge in [-0.25, -0.2) is 4.68 Å². The molecule has 1 aromatic rings. The minimum absolute atomic E-state index is 0.0200. The lowest BCUT2D eigenvalue weighted by molar-refractivity contribution is 0.0930. The van der Waals surface area contributed by atoms with Crippen molar-refractivity contribution < 1.29 is 9.90 Å². The maximum absolute atomic E-state index is 12.2. The van der Waals surface area contributed by atoms with Gasteiger partial charge in [0.15, 0.2) is 5.69 Å². The molecule has 0 spiro atoms. The fourth-order valence-corrected chi connectivity index (χ4v) is 3.07. The van der Waals surface area contributed by atoms with Crippen LogP contribution in [-0.2, 0) is 0 Å². The molecule has 0 radical (unpaired) electrons. The Bertz CT molecular complexity index is 457. The van der Waals surface area contributed by atoms with E-state index in [9.17, 15) is 9.90 Å². The molecule has 1 aliphatic heterocycles. The van der Waals surface area contributed by atoms with Gasteiger partial charge in [-0.15, -0.1) is 5.10 Å². The van der Waals surface area contributed by atoms with Crippen LogP contribution in [0.25, 0.3) is 0 Å². The second-order valence-electron chi connectivity index (χ2n) is 5.28. The third-order valence-electron chi connectivity index (χ3n) is 3.82. The zero-order chi connectivity index (χ0) is 15.2. The number of carbonyl (C=O) groups is 1. The number of piperidine rings is 1. The number of rotatable bonds is 6. The van der Waals surface area contributed by atoms with Gasteiger partial charge in [-0.05, 0) is 39.1 Å². The summed E-state index contributed by atoms with van der Waals surface area (Å²) in [6, 6.07) is 0.190. The number of hydrogen-bond acceptors (Lipinski definition) is 6. The van der Waals surface area contributed by atoms with Gasteiger partial charge in [-0.3, -0.25) is 4.79 Å². The van der Waals surface area contributed by atoms with E-state index in [0.717, 1.165) is 25.9 Å². The van der Waals surface area contributed by atoms with Crippen LogP contribution in [0.4, 0.5) is 0 Å². The molecule has 0 aliphatic carbocycles. The molecule has 3 N–H and O–H groups in total. The van der Waals surface area contributed by atoms with Crippen molar-refractivity contribution >= 4 is 17.7 Å². The Labute approximate surface area is 128 Å². The molecule has 2 heterocycles. The number of nitrogens with zero attached hydrogens (tertiary/aromatic N) is 3. The Morgan fingerprint density at radius 1 is 1.62 bits per heavy atom. The van der Waals surface area contributed by atoms with Crippen LogP contribution in [0.2, 0.25) is 0 Å². The lowest BCUT2D eigenvalue weighted by Gasteiger charge is -2.22. The van der Waals surface area contributed by atoms with Crippen LogP contribution in [0.3, 0.4) is 0 Å². The van der Waals surface area contributed by atoms with Crippen LogP contribution >= 0.6 is 11.8 Å². The highest BCUT2D eigenvalue weighted by Crippen LogP contribution is 2.17. The van der Waals surface area contributed by atoms with Gasteiger partial charge in [0.05, 0.1) is 18.8 Å². The third kappa shape index (κ3) is 4.18. The number of carbonyl (C=O) groups excluding carboxylic acids is 1. The second kappa shape index (κ2) is 7.77. The first-order valence-electron chi connectivity index (χ1n) is 7.22. The molecule has 118 valence electrons. The van der Waals surface area contributed by atoms with E-state index in [1.807, 2.05) is 13.2 Å². The van der Waals surface area contributed by atoms with Crippen molar-refractivity contribution in [3.8, 4) is 0 Å². The molecule has 1 saturated heterocycles. The molecular formula is C13H23N5O2S. The summed E-state index contributed by atoms with van der Waals surface area (Å²) in [5.41, 5.74) is 0.332. The monoisotopic (exact) mass is 313 g/mol. The SMILES string of the molecule is CSC(CO)C(C)NC(=O)c1cn(C2CCNCC2)nn1. The maximum Gasteiger partial charge on any atom is 0.273 e. The average molecular weight is 313 g/mol. The largest absolute Gasteiger partial charge is 0.395 e. The molecule has 1 amide bonds. The smallest absolute Gasteiger partial charge is 0.273 e. The summed E-state index contributed by atoms with van der Waals surface area (Å²) in [5.74, 6) is -0.241. The van der Waals surface area contributed by atoms with Crippen molar-refractivity contribution in [3.05, 3.63) is 11.9 Å². The highest BCUT2D eigenvalue weighted by atomic mass is 32.2. The first-order valence-corrected chi connectivity index (χ1v) is 8.51. The second-order valence-corrected chi connectivity index (χ2v) is 6.36. The average Bonchev–Trinajstić information content (AvgIpc) is 2.99. The van der Waals surface area contributed by atoms with Gasteiger partial charge in [0.1, 0.15) is 0 Å². The van der Waals surface area contributed by atoms with Gasteiger partial charge in [0.25, 0.3) is 5.91 Å². The molecule has 7 nitrogen and oxygen atoms in total. The lowest BCUT2D eigenvalue weighted by Crippen LogP contribution is -2.41. The highest BCUT2D eigenvalue weighted by Gasteiger charge is 2.22. The summed E-state index contributed by atoms with van der Waals surface area (Å²) >= 11 is 1.53. The molecule has 8 heteroatoms. The Kier molecular flexibility index (Phi) is 6.01. The summed E-state index contributed by atoms with van der Waals surface area (Å²) in [6.07, 6.45) is 5.63. The van der Waals surface area contributed by atoms with Crippen molar-refractivity contribution in [2.24, 2.45) is 0 Å². The summed E-state index contributed by atoms with van der Waals surface area (Å²) in [5, 5.41) is 23.4. The van der Waals surface area contributed by atoms with Gasteiger partial charge >= 0.3 is 0 Å². The molecule has 0 aromatic carbocycles. The first kappa shape index (κ1) is 16.3. The number of aromatic nitrogens is 3. The van der Waals surface area contributed by atoms with Gasteiger partial charge in [-0.1, -0.05) is 5.21 Å². The molecule has 21 heavy (non-hydrogen) atoms. The van der Waals surface area contributed by atoms with Crippen LogP contribution in [0, 0.1) is 0 Å². The van der Waals surface area contributed by atoms with E-state index in [4.69, 9.17) is 0 Å². The normalized spacial score (nSPS) is 19.2. The van der Waals surface area contributed by atoms with Crippen molar-refractivity contribution in [2.75, 3.05) is 26.0 Å². The summed E-state index contributed by atoms with van der Waals surface area (Å²) in [6.45, 7) is 3.85. The molecular weight excluding hydrogens is 290 g/mol. The van der Waals surface area contributed by atoms with Crippen molar-refractivity contribution in [1.82, 2.24) is 25.6 Å². The van der Waals surface area contributed by atoms with Crippen LogP contribution in [0.1, 0.15) is 36.3 Å². The predicted molar refractivity (Wildman–Crippen MR) is 82.5 cm³/mol. The number of aliphatic hydroxyl groups excluding tert-OH is 1. The van der Waals surface area contributed by atoms with Crippen LogP contribution in [0.5, 0.6) is 0 Å². The zero-order valence-corrected chi connectivity index (χ0v) is 13.3. The standard InChI is InChI=1S/C13H23N5O2S/c1-9(12(8-19)21-2)15-13(20)11-7-18(17-16-11)10-3-5-14-6-4-10/h7,9-10,12,14,19H,3-6,8H2,1-2H3,(H,15,20). The fraction of sp³-hybridized carbons (Fsp3) is 0.769. The van der Waals surface area contributed by atoms with E-state index in [2.05, 4.69) is 20.9 Å². The van der Waals surface area contributed by atoms with E-state index in [1.165, 1.54) is 11.8 Å². The molecule has 2 rings (SSSR count). The predicted octanol–water partition coefficient (Wildman–Crippen LogP) is 0.0448. The number of nitrogens with one attached hydrogen (secondary N) is 2. The summed E-state index contributed by atoms with van der Waals surface area (Å²) in [7, 11) is 0. The number of thioether (sulfide) groups is 1. The summed E-state index contributed by atoms with van der Waals surface area (Å²) < 4.78 is 1.79. The van der Waals surface area contributed by atoms with E-state index in [-0.39, 0.29) is 23.8 Å². The summed E-state index contributed by atoms with van der Waals surface area (Å²) in [4.78, 5) is 12.2. The van der Waals surface area contributed by atoms with Crippen molar-refractivity contribution in [1.29, 1.82) is 0 Å². The molecule has 0 bridgehead atoms. The van der Waals surface area contributed by atoms with Gasteiger partial charge in [0.2, 0.25) is 0 Å². The van der Waals surface area contributed by atoms with Crippen LogP contribution < -0.4 is 10.6 Å². The molecule has 1 aliphatic rings. The van der Waals surface area contributed by atoms with E-state index in [0.29, 0.717) is 11.7 Å². The lowest BCUT2D eigenvalue weighted by atomic mass is 10.1. The minimum atomic E-state index is -0.241. The maximum atomic E-state index is 12.2. The fourth-order valence-electron chi connectivity index (χ4n) is 2.44. The van der Waals surface area contributed by atoms with Gasteiger partial charge in [-0.2, -0.15) is 11.8 Å². The number of aliphatic hydroxyl groups is 1. The Morgan fingerprint density at radius 3 is 2.95 bits per heavy atom. The van der Waals surface area contributed by atoms with Crippen molar-refractivity contribution in [2.45, 2.75) is 37.1 Å². The quantitative estimate of drug-likeness (QED) is 0.687. The Morgan fingerprint density at radius 2 is 2.33 bits per heavy atom. The molecule has 1 fully saturated rings.